The SMILES string of the molecule is CC(C)CCCCCCCCCCCCC(=O)OC[C@H](COC(=O)CCCCCCCCCCCC(C)C)OC(=O)CCCCCCCCCCC(C)C. The summed E-state index contributed by atoms with van der Waals surface area (Å²) in [6, 6.07) is 0. The van der Waals surface area contributed by atoms with Gasteiger partial charge in [-0.3, -0.25) is 14.4 Å². The van der Waals surface area contributed by atoms with Crippen LogP contribution >= 0.6 is 0 Å². The number of hydrogen-bond acceptors (Lipinski definition) is 6. The van der Waals surface area contributed by atoms with Gasteiger partial charge in [-0.1, -0.05) is 215 Å². The van der Waals surface area contributed by atoms with E-state index in [2.05, 4.69) is 41.5 Å². The lowest BCUT2D eigenvalue weighted by Crippen LogP contribution is -2.30. The highest BCUT2D eigenvalue weighted by atomic mass is 16.6. The molecule has 0 bridgehead atoms. The molecule has 0 aliphatic heterocycles. The van der Waals surface area contributed by atoms with Crippen molar-refractivity contribution < 1.29 is 28.6 Å². The van der Waals surface area contributed by atoms with E-state index in [1.54, 1.807) is 0 Å². The molecule has 1 atom stereocenters. The smallest absolute Gasteiger partial charge is 0.306 e. The molecule has 6 heteroatoms. The molecule has 0 saturated carbocycles. The molecule has 0 aliphatic carbocycles. The molecule has 0 amide bonds. The van der Waals surface area contributed by atoms with Crippen molar-refractivity contribution in [2.45, 2.75) is 260 Å². The van der Waals surface area contributed by atoms with E-state index in [4.69, 9.17) is 14.2 Å². The fourth-order valence-electron chi connectivity index (χ4n) is 7.06. The van der Waals surface area contributed by atoms with Gasteiger partial charge in [0, 0.05) is 19.3 Å². The van der Waals surface area contributed by atoms with Crippen LogP contribution in [0.2, 0.25) is 0 Å². The molecule has 0 aromatic rings. The number of rotatable bonds is 41. The van der Waals surface area contributed by atoms with Gasteiger partial charge in [0.15, 0.2) is 6.10 Å². The molecule has 0 N–H and O–H groups in total. The molecule has 0 unspecified atom stereocenters. The topological polar surface area (TPSA) is 78.9 Å². The van der Waals surface area contributed by atoms with Crippen molar-refractivity contribution in [3.8, 4) is 0 Å². The number of esters is 3. The summed E-state index contributed by atoms with van der Waals surface area (Å²) in [6.45, 7) is 13.6. The summed E-state index contributed by atoms with van der Waals surface area (Å²) < 4.78 is 16.7. The lowest BCUT2D eigenvalue weighted by Gasteiger charge is -2.18. The van der Waals surface area contributed by atoms with Gasteiger partial charge in [0.05, 0.1) is 0 Å². The van der Waals surface area contributed by atoms with Gasteiger partial charge in [0.25, 0.3) is 0 Å². The summed E-state index contributed by atoms with van der Waals surface area (Å²) >= 11 is 0. The van der Waals surface area contributed by atoms with Gasteiger partial charge >= 0.3 is 17.9 Å². The normalized spacial score (nSPS) is 12.2. The first-order chi connectivity index (χ1) is 26.1. The number of unbranched alkanes of at least 4 members (excludes halogenated alkanes) is 24. The van der Waals surface area contributed by atoms with Crippen LogP contribution in [0.5, 0.6) is 0 Å². The predicted octanol–water partition coefficient (Wildman–Crippen LogP) is 14.8. The summed E-state index contributed by atoms with van der Waals surface area (Å²) in [5, 5.41) is 0. The molecule has 0 heterocycles. The number of carbonyl (C=O) groups excluding carboxylic acids is 3. The molecule has 54 heavy (non-hydrogen) atoms. The molecule has 0 rings (SSSR count). The number of hydrogen-bond donors (Lipinski definition) is 0. The lowest BCUT2D eigenvalue weighted by atomic mass is 10.0. The fourth-order valence-corrected chi connectivity index (χ4v) is 7.06. The quantitative estimate of drug-likeness (QED) is 0.0350. The largest absolute Gasteiger partial charge is 0.462 e. The molecule has 6 nitrogen and oxygen atoms in total. The van der Waals surface area contributed by atoms with Crippen LogP contribution in [0.25, 0.3) is 0 Å². The van der Waals surface area contributed by atoms with Crippen molar-refractivity contribution in [1.82, 2.24) is 0 Å². The minimum absolute atomic E-state index is 0.0662. The zero-order valence-corrected chi connectivity index (χ0v) is 37.0. The molecule has 0 fully saturated rings. The molecule has 0 saturated heterocycles. The molecule has 0 radical (unpaired) electrons. The van der Waals surface area contributed by atoms with Crippen molar-refractivity contribution >= 4 is 17.9 Å². The third kappa shape index (κ3) is 41.6. The minimum Gasteiger partial charge on any atom is -0.462 e. The van der Waals surface area contributed by atoms with E-state index < -0.39 is 6.10 Å². The summed E-state index contributed by atoms with van der Waals surface area (Å²) in [5.41, 5.74) is 0. The average Bonchev–Trinajstić information content (AvgIpc) is 3.12. The van der Waals surface area contributed by atoms with Crippen LogP contribution in [0.3, 0.4) is 0 Å². The summed E-state index contributed by atoms with van der Waals surface area (Å²) in [5.74, 6) is 1.56. The molecule has 0 aromatic heterocycles. The third-order valence-electron chi connectivity index (χ3n) is 10.6. The first kappa shape index (κ1) is 52.4. The first-order valence-corrected chi connectivity index (χ1v) is 23.6. The highest BCUT2D eigenvalue weighted by molar-refractivity contribution is 5.71. The van der Waals surface area contributed by atoms with E-state index in [-0.39, 0.29) is 31.1 Å². The zero-order chi connectivity index (χ0) is 39.9. The van der Waals surface area contributed by atoms with Gasteiger partial charge in [-0.15, -0.1) is 0 Å². The van der Waals surface area contributed by atoms with Gasteiger partial charge in [-0.25, -0.2) is 0 Å². The maximum atomic E-state index is 12.7. The monoisotopic (exact) mass is 765 g/mol. The van der Waals surface area contributed by atoms with Crippen LogP contribution in [0, 0.1) is 17.8 Å². The Morgan fingerprint density at radius 1 is 0.315 bits per heavy atom. The molecular formula is C48H92O6. The van der Waals surface area contributed by atoms with Crippen molar-refractivity contribution in [2.24, 2.45) is 17.8 Å². The van der Waals surface area contributed by atoms with Crippen LogP contribution in [0.1, 0.15) is 253 Å². The van der Waals surface area contributed by atoms with Crippen LogP contribution in [0.15, 0.2) is 0 Å². The molecule has 0 aliphatic rings. The Morgan fingerprint density at radius 2 is 0.537 bits per heavy atom. The van der Waals surface area contributed by atoms with Crippen LogP contribution < -0.4 is 0 Å². The molecule has 320 valence electrons. The van der Waals surface area contributed by atoms with Crippen molar-refractivity contribution in [2.75, 3.05) is 13.2 Å². The zero-order valence-electron chi connectivity index (χ0n) is 37.0. The van der Waals surface area contributed by atoms with Gasteiger partial charge in [-0.05, 0) is 37.0 Å². The molecular weight excluding hydrogens is 673 g/mol. The van der Waals surface area contributed by atoms with Gasteiger partial charge in [0.2, 0.25) is 0 Å². The second-order valence-corrected chi connectivity index (χ2v) is 17.8. The number of ether oxygens (including phenoxy) is 3. The van der Waals surface area contributed by atoms with Crippen molar-refractivity contribution in [3.63, 3.8) is 0 Å². The van der Waals surface area contributed by atoms with Gasteiger partial charge < -0.3 is 14.2 Å². The standard InChI is InChI=1S/C48H92O6/c1-42(2)34-28-22-16-10-7-8-12-19-25-31-37-46(49)52-40-45(54-48(51)39-33-27-21-15-14-18-24-30-36-44(5)6)41-53-47(50)38-32-26-20-13-9-11-17-23-29-35-43(3)4/h42-45H,7-41H2,1-6H3/t45-/m1/s1. The predicted molar refractivity (Wildman–Crippen MR) is 229 cm³/mol. The second-order valence-electron chi connectivity index (χ2n) is 17.8. The second kappa shape index (κ2) is 39.6. The highest BCUT2D eigenvalue weighted by Gasteiger charge is 2.19. The minimum atomic E-state index is -0.762. The summed E-state index contributed by atoms with van der Waals surface area (Å²) in [4.78, 5) is 37.8. The van der Waals surface area contributed by atoms with E-state index in [1.807, 2.05) is 0 Å². The molecule has 0 aromatic carbocycles. The summed E-state index contributed by atoms with van der Waals surface area (Å²) in [6.07, 6.45) is 36.7. The van der Waals surface area contributed by atoms with Gasteiger partial charge in [0.1, 0.15) is 13.2 Å². The third-order valence-corrected chi connectivity index (χ3v) is 10.6. The Labute approximate surface area is 336 Å². The van der Waals surface area contributed by atoms with Crippen LogP contribution in [0.4, 0.5) is 0 Å². The van der Waals surface area contributed by atoms with E-state index in [0.717, 1.165) is 75.5 Å². The van der Waals surface area contributed by atoms with Crippen molar-refractivity contribution in [3.05, 3.63) is 0 Å². The number of carbonyl (C=O) groups is 3. The Hall–Kier alpha value is -1.59. The fraction of sp³-hybridized carbons (Fsp3) is 0.938. The van der Waals surface area contributed by atoms with E-state index in [0.29, 0.717) is 19.3 Å². The lowest BCUT2D eigenvalue weighted by molar-refractivity contribution is -0.167. The average molecular weight is 765 g/mol. The van der Waals surface area contributed by atoms with Crippen molar-refractivity contribution in [1.29, 1.82) is 0 Å². The Bertz CT molecular complexity index is 837. The summed E-state index contributed by atoms with van der Waals surface area (Å²) in [7, 11) is 0. The van der Waals surface area contributed by atoms with Gasteiger partial charge in [-0.2, -0.15) is 0 Å². The van der Waals surface area contributed by atoms with Crippen LogP contribution in [-0.4, -0.2) is 37.2 Å². The van der Waals surface area contributed by atoms with E-state index in [1.165, 1.54) is 135 Å². The maximum absolute atomic E-state index is 12.7. The van der Waals surface area contributed by atoms with E-state index >= 15 is 0 Å². The first-order valence-electron chi connectivity index (χ1n) is 23.6. The Balaban J connectivity index is 4.34. The Morgan fingerprint density at radius 3 is 0.796 bits per heavy atom. The Kier molecular flexibility index (Phi) is 38.5. The highest BCUT2D eigenvalue weighted by Crippen LogP contribution is 2.17. The maximum Gasteiger partial charge on any atom is 0.306 e. The van der Waals surface area contributed by atoms with Crippen LogP contribution in [-0.2, 0) is 28.6 Å². The van der Waals surface area contributed by atoms with E-state index in [9.17, 15) is 14.4 Å². The molecule has 0 spiro atoms.